The van der Waals surface area contributed by atoms with E-state index in [4.69, 9.17) is 10.8 Å². The van der Waals surface area contributed by atoms with Gasteiger partial charge in [0, 0.05) is 6.42 Å². The third-order valence-electron chi connectivity index (χ3n) is 1.90. The average Bonchev–Trinajstić information content (AvgIpc) is 2.16. The van der Waals surface area contributed by atoms with Gasteiger partial charge in [0.15, 0.2) is 0 Å². The van der Waals surface area contributed by atoms with Gasteiger partial charge in [-0.05, 0) is 25.8 Å². The summed E-state index contributed by atoms with van der Waals surface area (Å²) in [6.45, 7) is 2.24. The number of carbonyl (C=O) groups is 2. The summed E-state index contributed by atoms with van der Waals surface area (Å²) in [6.07, 6.45) is 2.25. The van der Waals surface area contributed by atoms with Gasteiger partial charge in [-0.2, -0.15) is 0 Å². The van der Waals surface area contributed by atoms with E-state index in [-0.39, 0.29) is 18.3 Å². The minimum Gasteiger partial charge on any atom is -0.480 e. The van der Waals surface area contributed by atoms with Crippen molar-refractivity contribution in [3.8, 4) is 0 Å². The highest BCUT2D eigenvalue weighted by molar-refractivity contribution is 5.85. The number of aliphatic carboxylic acids is 1. The highest BCUT2D eigenvalue weighted by Crippen LogP contribution is 2.00. The molecule has 6 heteroatoms. The van der Waals surface area contributed by atoms with Crippen LogP contribution < -0.4 is 11.1 Å². The molecular weight excluding hydrogens is 220 g/mol. The van der Waals surface area contributed by atoms with Gasteiger partial charge < -0.3 is 16.2 Å². The number of halogens is 1. The van der Waals surface area contributed by atoms with Crippen LogP contribution >= 0.6 is 12.4 Å². The van der Waals surface area contributed by atoms with Crippen LogP contribution in [0.3, 0.4) is 0 Å². The van der Waals surface area contributed by atoms with Gasteiger partial charge in [0.25, 0.3) is 0 Å². The Balaban J connectivity index is 0. The Bertz CT molecular complexity index is 200. The molecule has 0 aliphatic carbocycles. The summed E-state index contributed by atoms with van der Waals surface area (Å²) in [5, 5.41) is 11.2. The zero-order valence-electron chi connectivity index (χ0n) is 8.86. The van der Waals surface area contributed by atoms with E-state index in [2.05, 4.69) is 5.32 Å². The van der Waals surface area contributed by atoms with Crippen LogP contribution in [0.4, 0.5) is 0 Å². The van der Waals surface area contributed by atoms with E-state index in [0.29, 0.717) is 19.4 Å². The van der Waals surface area contributed by atoms with Crippen molar-refractivity contribution in [1.82, 2.24) is 5.32 Å². The van der Waals surface area contributed by atoms with Gasteiger partial charge in [-0.25, -0.2) is 4.79 Å². The van der Waals surface area contributed by atoms with Crippen molar-refractivity contribution in [3.63, 3.8) is 0 Å². The number of rotatable bonds is 7. The van der Waals surface area contributed by atoms with Crippen LogP contribution in [0.15, 0.2) is 0 Å². The first-order valence-corrected chi connectivity index (χ1v) is 4.84. The molecule has 0 saturated carbocycles. The van der Waals surface area contributed by atoms with E-state index in [1.54, 1.807) is 6.92 Å². The molecule has 0 aromatic carbocycles. The number of hydrogen-bond donors (Lipinski definition) is 3. The molecule has 15 heavy (non-hydrogen) atoms. The summed E-state index contributed by atoms with van der Waals surface area (Å²) in [6, 6.07) is -0.769. The second-order valence-corrected chi connectivity index (χ2v) is 3.10. The molecule has 1 amide bonds. The highest BCUT2D eigenvalue weighted by Gasteiger charge is 2.17. The monoisotopic (exact) mass is 238 g/mol. The lowest BCUT2D eigenvalue weighted by Gasteiger charge is -2.13. The number of carbonyl (C=O) groups excluding carboxylic acids is 1. The fourth-order valence-electron chi connectivity index (χ4n) is 1.05. The summed E-state index contributed by atoms with van der Waals surface area (Å²) >= 11 is 0. The Labute approximate surface area is 95.8 Å². The van der Waals surface area contributed by atoms with Crippen molar-refractivity contribution < 1.29 is 14.7 Å². The molecule has 0 aliphatic rings. The van der Waals surface area contributed by atoms with Gasteiger partial charge in [-0.1, -0.05) is 6.92 Å². The SMILES string of the molecule is CCC(=O)N[C@@H](CCCCN)C(=O)O.Cl. The molecule has 0 unspecified atom stereocenters. The van der Waals surface area contributed by atoms with E-state index in [1.807, 2.05) is 0 Å². The second-order valence-electron chi connectivity index (χ2n) is 3.10. The Morgan fingerprint density at radius 2 is 2.00 bits per heavy atom. The van der Waals surface area contributed by atoms with E-state index in [1.165, 1.54) is 0 Å². The molecule has 1 atom stereocenters. The maximum absolute atomic E-state index is 11.0. The topological polar surface area (TPSA) is 92.4 Å². The zero-order chi connectivity index (χ0) is 11.0. The molecule has 0 fully saturated rings. The van der Waals surface area contributed by atoms with E-state index in [9.17, 15) is 9.59 Å². The first-order valence-electron chi connectivity index (χ1n) is 4.84. The second kappa shape index (κ2) is 9.73. The predicted octanol–water partition coefficient (Wildman–Crippen LogP) is 0.517. The van der Waals surface area contributed by atoms with Crippen molar-refractivity contribution in [2.45, 2.75) is 38.6 Å². The van der Waals surface area contributed by atoms with Gasteiger partial charge in [0.2, 0.25) is 5.91 Å². The maximum atomic E-state index is 11.0. The lowest BCUT2D eigenvalue weighted by molar-refractivity contribution is -0.142. The number of hydrogen-bond acceptors (Lipinski definition) is 3. The van der Waals surface area contributed by atoms with Crippen molar-refractivity contribution in [1.29, 1.82) is 0 Å². The predicted molar refractivity (Wildman–Crippen MR) is 60.0 cm³/mol. The average molecular weight is 239 g/mol. The largest absolute Gasteiger partial charge is 0.480 e. The number of amides is 1. The van der Waals surface area contributed by atoms with Crippen molar-refractivity contribution in [3.05, 3.63) is 0 Å². The molecule has 4 N–H and O–H groups in total. The minimum absolute atomic E-state index is 0. The molecule has 0 rings (SSSR count). The van der Waals surface area contributed by atoms with Crippen LogP contribution in [0.25, 0.3) is 0 Å². The summed E-state index contributed by atoms with van der Waals surface area (Å²) in [5.41, 5.74) is 5.28. The van der Waals surface area contributed by atoms with Gasteiger partial charge in [-0.15, -0.1) is 12.4 Å². The van der Waals surface area contributed by atoms with Crippen LogP contribution in [-0.2, 0) is 9.59 Å². The van der Waals surface area contributed by atoms with Crippen LogP contribution in [0.1, 0.15) is 32.6 Å². The molecular formula is C9H19ClN2O3. The standard InChI is InChI=1S/C9H18N2O3.ClH/c1-2-8(12)11-7(9(13)14)5-3-4-6-10;/h7H,2-6,10H2,1H3,(H,11,12)(H,13,14);1H/t7-;/m0./s1. The number of unbranched alkanes of at least 4 members (excludes halogenated alkanes) is 1. The van der Waals surface area contributed by atoms with Gasteiger partial charge >= 0.3 is 5.97 Å². The third kappa shape index (κ3) is 8.20. The molecule has 0 heterocycles. The van der Waals surface area contributed by atoms with Crippen LogP contribution in [0.5, 0.6) is 0 Å². The Morgan fingerprint density at radius 1 is 1.40 bits per heavy atom. The quantitative estimate of drug-likeness (QED) is 0.564. The molecule has 0 spiro atoms. The fourth-order valence-corrected chi connectivity index (χ4v) is 1.05. The van der Waals surface area contributed by atoms with Crippen LogP contribution in [-0.4, -0.2) is 29.6 Å². The number of nitrogens with two attached hydrogens (primary N) is 1. The third-order valence-corrected chi connectivity index (χ3v) is 1.90. The van der Waals surface area contributed by atoms with Crippen LogP contribution in [0.2, 0.25) is 0 Å². The van der Waals surface area contributed by atoms with E-state index in [0.717, 1.165) is 12.8 Å². The first-order chi connectivity index (χ1) is 6.61. The van der Waals surface area contributed by atoms with Crippen molar-refractivity contribution in [2.24, 2.45) is 5.73 Å². The van der Waals surface area contributed by atoms with Crippen molar-refractivity contribution >= 4 is 24.3 Å². The molecule has 0 aromatic heterocycles. The molecule has 90 valence electrons. The number of carboxylic acids is 1. The Morgan fingerprint density at radius 3 is 2.40 bits per heavy atom. The zero-order valence-corrected chi connectivity index (χ0v) is 9.68. The number of nitrogens with one attached hydrogen (secondary N) is 1. The normalized spacial score (nSPS) is 11.3. The van der Waals surface area contributed by atoms with E-state index < -0.39 is 12.0 Å². The van der Waals surface area contributed by atoms with Gasteiger partial charge in [-0.3, -0.25) is 4.79 Å². The molecule has 0 radical (unpaired) electrons. The summed E-state index contributed by atoms with van der Waals surface area (Å²) in [4.78, 5) is 21.7. The van der Waals surface area contributed by atoms with Crippen LogP contribution in [0, 0.1) is 0 Å². The maximum Gasteiger partial charge on any atom is 0.326 e. The lowest BCUT2D eigenvalue weighted by atomic mass is 10.1. The molecule has 0 bridgehead atoms. The Hall–Kier alpha value is -0.810. The smallest absolute Gasteiger partial charge is 0.326 e. The van der Waals surface area contributed by atoms with Gasteiger partial charge in [0.1, 0.15) is 6.04 Å². The molecule has 5 nitrogen and oxygen atoms in total. The fraction of sp³-hybridized carbons (Fsp3) is 0.778. The van der Waals surface area contributed by atoms with Crippen molar-refractivity contribution in [2.75, 3.05) is 6.54 Å². The lowest BCUT2D eigenvalue weighted by Crippen LogP contribution is -2.40. The molecule has 0 aromatic rings. The summed E-state index contributed by atoms with van der Waals surface area (Å²) in [7, 11) is 0. The summed E-state index contributed by atoms with van der Waals surface area (Å²) in [5.74, 6) is -1.21. The molecule has 0 aliphatic heterocycles. The minimum atomic E-state index is -0.983. The molecule has 0 saturated heterocycles. The summed E-state index contributed by atoms with van der Waals surface area (Å²) < 4.78 is 0. The van der Waals surface area contributed by atoms with Gasteiger partial charge in [0.05, 0.1) is 0 Å². The Kier molecular flexibility index (Phi) is 10.8. The first kappa shape index (κ1) is 16.6. The number of carboxylic acid groups (broad SMARTS) is 1. The van der Waals surface area contributed by atoms with E-state index >= 15 is 0 Å². The highest BCUT2D eigenvalue weighted by atomic mass is 35.5.